The Hall–Kier alpha value is -2.42. The van der Waals surface area contributed by atoms with E-state index in [4.69, 9.17) is 38.2 Å². The average Bonchev–Trinajstić information content (AvgIpc) is 2.78. The van der Waals surface area contributed by atoms with Crippen LogP contribution >= 0.6 is 8.25 Å². The van der Waals surface area contributed by atoms with Gasteiger partial charge in [-0.25, -0.2) is 0 Å². The zero-order chi connectivity index (χ0) is 21.4. The van der Waals surface area contributed by atoms with Crippen molar-refractivity contribution in [3.05, 3.63) is 48.5 Å². The van der Waals surface area contributed by atoms with Crippen molar-refractivity contribution in [2.75, 3.05) is 52.9 Å². The van der Waals surface area contributed by atoms with Crippen LogP contribution in [-0.2, 0) is 13.6 Å². The lowest BCUT2D eigenvalue weighted by atomic mass is 10.3. The Morgan fingerprint density at radius 3 is 1.13 bits per heavy atom. The van der Waals surface area contributed by atoms with Crippen LogP contribution in [0.4, 0.5) is 0 Å². The highest BCUT2D eigenvalue weighted by Crippen LogP contribution is 2.24. The largest absolute Gasteiger partial charge is 0.697 e. The minimum atomic E-state index is -2.26. The van der Waals surface area contributed by atoms with E-state index >= 15 is 0 Å². The molecule has 0 atom stereocenters. The lowest BCUT2D eigenvalue weighted by Gasteiger charge is -2.07. The van der Waals surface area contributed by atoms with E-state index in [2.05, 4.69) is 0 Å². The van der Waals surface area contributed by atoms with Crippen molar-refractivity contribution in [3.63, 3.8) is 0 Å². The van der Waals surface area contributed by atoms with Crippen molar-refractivity contribution in [2.24, 2.45) is 0 Å². The summed E-state index contributed by atoms with van der Waals surface area (Å²) in [6, 6.07) is 13.8. The van der Waals surface area contributed by atoms with Gasteiger partial charge in [-0.1, -0.05) is 0 Å². The molecule has 0 saturated heterocycles. The van der Waals surface area contributed by atoms with Crippen LogP contribution in [0.15, 0.2) is 48.5 Å². The smallest absolute Gasteiger partial charge is 0.491 e. The summed E-state index contributed by atoms with van der Waals surface area (Å²) >= 11 is 0. The standard InChI is InChI=1S/C20H26O9P/c21-9-11-24-17-1-5-19(6-2-17)26-13-15-28-30(23)29-16-14-27-20-7-3-18(4-8-20)25-12-10-22/h1-8,21-22H,9-16H2/q+1. The van der Waals surface area contributed by atoms with E-state index in [9.17, 15) is 4.57 Å². The third-order valence-corrected chi connectivity index (χ3v) is 4.25. The van der Waals surface area contributed by atoms with E-state index in [0.717, 1.165) is 0 Å². The van der Waals surface area contributed by atoms with Gasteiger partial charge in [-0.15, -0.1) is 9.05 Å². The summed E-state index contributed by atoms with van der Waals surface area (Å²) in [7, 11) is -2.26. The molecule has 2 aromatic carbocycles. The van der Waals surface area contributed by atoms with Crippen LogP contribution in [0.3, 0.4) is 0 Å². The van der Waals surface area contributed by atoms with E-state index in [1.54, 1.807) is 48.5 Å². The summed E-state index contributed by atoms with van der Waals surface area (Å²) in [6.07, 6.45) is 0. The number of hydrogen-bond acceptors (Lipinski definition) is 9. The Kier molecular flexibility index (Phi) is 11.6. The minimum absolute atomic E-state index is 0.0450. The maximum atomic E-state index is 11.7. The van der Waals surface area contributed by atoms with Gasteiger partial charge >= 0.3 is 8.25 Å². The zero-order valence-electron chi connectivity index (χ0n) is 16.5. The summed E-state index contributed by atoms with van der Waals surface area (Å²) in [5.74, 6) is 2.51. The summed E-state index contributed by atoms with van der Waals surface area (Å²) in [5.41, 5.74) is 0. The summed E-state index contributed by atoms with van der Waals surface area (Å²) in [4.78, 5) is 0. The van der Waals surface area contributed by atoms with Gasteiger partial charge in [0.25, 0.3) is 0 Å². The molecule has 0 unspecified atom stereocenters. The molecule has 30 heavy (non-hydrogen) atoms. The van der Waals surface area contributed by atoms with Crippen LogP contribution in [0.1, 0.15) is 0 Å². The molecule has 0 aliphatic rings. The van der Waals surface area contributed by atoms with Gasteiger partial charge in [-0.3, -0.25) is 0 Å². The topological polar surface area (TPSA) is 113 Å². The SMILES string of the molecule is O=[P+](OCCOc1ccc(OCCO)cc1)OCCOc1ccc(OCCO)cc1. The molecule has 0 radical (unpaired) electrons. The molecule has 0 saturated carbocycles. The van der Waals surface area contributed by atoms with E-state index in [-0.39, 0.29) is 52.9 Å². The van der Waals surface area contributed by atoms with Gasteiger partial charge in [-0.05, 0) is 48.5 Å². The van der Waals surface area contributed by atoms with Crippen LogP contribution in [0, 0.1) is 0 Å². The lowest BCUT2D eigenvalue weighted by molar-refractivity contribution is 0.165. The molecule has 0 heterocycles. The second-order valence-electron chi connectivity index (χ2n) is 5.67. The number of aliphatic hydroxyl groups is 2. The van der Waals surface area contributed by atoms with Crippen molar-refractivity contribution >= 4 is 8.25 Å². The fourth-order valence-electron chi connectivity index (χ4n) is 2.17. The van der Waals surface area contributed by atoms with Gasteiger partial charge in [0.05, 0.1) is 13.2 Å². The number of ether oxygens (including phenoxy) is 4. The molecule has 0 aliphatic heterocycles. The first-order valence-corrected chi connectivity index (χ1v) is 10.5. The fourth-order valence-corrected chi connectivity index (χ4v) is 2.69. The number of aliphatic hydroxyl groups excluding tert-OH is 2. The molecule has 10 heteroatoms. The lowest BCUT2D eigenvalue weighted by Crippen LogP contribution is -2.06. The first-order valence-electron chi connectivity index (χ1n) is 9.37. The molecule has 2 N–H and O–H groups in total. The van der Waals surface area contributed by atoms with E-state index < -0.39 is 8.25 Å². The Balaban J connectivity index is 1.52. The number of benzene rings is 2. The molecule has 164 valence electrons. The highest BCUT2D eigenvalue weighted by Gasteiger charge is 2.19. The van der Waals surface area contributed by atoms with Crippen molar-refractivity contribution < 1.29 is 42.8 Å². The van der Waals surface area contributed by atoms with Gasteiger partial charge in [0.2, 0.25) is 0 Å². The van der Waals surface area contributed by atoms with Crippen LogP contribution < -0.4 is 18.9 Å². The van der Waals surface area contributed by atoms with Crippen molar-refractivity contribution in [1.82, 2.24) is 0 Å². The molecule has 2 aromatic rings. The fraction of sp³-hybridized carbons (Fsp3) is 0.400. The predicted octanol–water partition coefficient (Wildman–Crippen LogP) is 2.58. The van der Waals surface area contributed by atoms with Gasteiger partial charge in [0.15, 0.2) is 0 Å². The summed E-state index contributed by atoms with van der Waals surface area (Å²) in [5, 5.41) is 17.4. The third-order valence-electron chi connectivity index (χ3n) is 3.47. The van der Waals surface area contributed by atoms with Gasteiger partial charge in [0, 0.05) is 4.57 Å². The molecule has 9 nitrogen and oxygen atoms in total. The summed E-state index contributed by atoms with van der Waals surface area (Å²) < 4.78 is 43.2. The maximum Gasteiger partial charge on any atom is 0.697 e. The monoisotopic (exact) mass is 441 g/mol. The second-order valence-corrected chi connectivity index (χ2v) is 6.64. The maximum absolute atomic E-state index is 11.7. The van der Waals surface area contributed by atoms with Crippen LogP contribution in [-0.4, -0.2) is 63.1 Å². The van der Waals surface area contributed by atoms with Crippen LogP contribution in [0.5, 0.6) is 23.0 Å². The molecule has 0 aliphatic carbocycles. The molecule has 0 fully saturated rings. The predicted molar refractivity (Wildman–Crippen MR) is 109 cm³/mol. The van der Waals surface area contributed by atoms with Gasteiger partial charge < -0.3 is 29.2 Å². The molecule has 0 amide bonds. The van der Waals surface area contributed by atoms with Crippen molar-refractivity contribution in [2.45, 2.75) is 0 Å². The van der Waals surface area contributed by atoms with E-state index in [1.807, 2.05) is 0 Å². The average molecular weight is 441 g/mol. The highest BCUT2D eigenvalue weighted by molar-refractivity contribution is 7.33. The normalized spacial score (nSPS) is 10.5. The molecule has 2 rings (SSSR count). The summed E-state index contributed by atoms with van der Waals surface area (Å²) in [6.45, 7) is 1.01. The minimum Gasteiger partial charge on any atom is -0.491 e. The molecular weight excluding hydrogens is 415 g/mol. The van der Waals surface area contributed by atoms with E-state index in [1.165, 1.54) is 0 Å². The Labute approximate surface area is 176 Å². The van der Waals surface area contributed by atoms with Crippen molar-refractivity contribution in [3.8, 4) is 23.0 Å². The quantitative estimate of drug-likeness (QED) is 0.300. The Bertz CT molecular complexity index is 661. The second kappa shape index (κ2) is 14.5. The molecule has 0 bridgehead atoms. The van der Waals surface area contributed by atoms with Crippen LogP contribution in [0.25, 0.3) is 0 Å². The Morgan fingerprint density at radius 2 is 0.833 bits per heavy atom. The molecular formula is C20H26O9P+. The molecule has 0 aromatic heterocycles. The first kappa shape index (κ1) is 23.9. The molecule has 0 spiro atoms. The van der Waals surface area contributed by atoms with Crippen molar-refractivity contribution in [1.29, 1.82) is 0 Å². The number of hydrogen-bond donors (Lipinski definition) is 2. The third kappa shape index (κ3) is 9.87. The van der Waals surface area contributed by atoms with Crippen LogP contribution in [0.2, 0.25) is 0 Å². The van der Waals surface area contributed by atoms with Gasteiger partial charge in [-0.2, -0.15) is 0 Å². The zero-order valence-corrected chi connectivity index (χ0v) is 17.4. The highest BCUT2D eigenvalue weighted by atomic mass is 31.1. The van der Waals surface area contributed by atoms with Gasteiger partial charge in [0.1, 0.15) is 62.6 Å². The Morgan fingerprint density at radius 1 is 0.533 bits per heavy atom. The number of rotatable bonds is 16. The first-order chi connectivity index (χ1) is 14.7. The van der Waals surface area contributed by atoms with E-state index in [0.29, 0.717) is 23.0 Å².